The van der Waals surface area contributed by atoms with Gasteiger partial charge in [-0.3, -0.25) is 9.69 Å². The molecule has 0 radical (unpaired) electrons. The van der Waals surface area contributed by atoms with Crippen LogP contribution in [0.25, 0.3) is 0 Å². The summed E-state index contributed by atoms with van der Waals surface area (Å²) in [6.07, 6.45) is 0.728. The summed E-state index contributed by atoms with van der Waals surface area (Å²) in [6, 6.07) is 5.33. The van der Waals surface area contributed by atoms with Crippen LogP contribution in [0.15, 0.2) is 18.2 Å². The van der Waals surface area contributed by atoms with E-state index >= 15 is 0 Å². The number of nitrogens with zero attached hydrogens (tertiary/aromatic N) is 2. The van der Waals surface area contributed by atoms with Gasteiger partial charge >= 0.3 is 0 Å². The van der Waals surface area contributed by atoms with E-state index in [4.69, 9.17) is 0 Å². The molecule has 3 nitrogen and oxygen atoms in total. The predicted octanol–water partition coefficient (Wildman–Crippen LogP) is 2.17. The normalized spacial score (nSPS) is 25.2. The maximum absolute atomic E-state index is 14.0. The van der Waals surface area contributed by atoms with Crippen molar-refractivity contribution in [3.05, 3.63) is 29.6 Å². The second kappa shape index (κ2) is 5.06. The molecule has 2 rings (SSSR count). The first-order valence-corrected chi connectivity index (χ1v) is 6.25. The second-order valence-electron chi connectivity index (χ2n) is 5.06. The standard InChI is InChI=1S/C14H19FN2O/c1-10-7-17(8-11(2)16(10)3)14-12(9-18)5-4-6-13(14)15/h4-6,9-11H,7-8H2,1-3H3. The molecule has 0 saturated carbocycles. The summed E-state index contributed by atoms with van der Waals surface area (Å²) in [5.74, 6) is -0.316. The summed E-state index contributed by atoms with van der Waals surface area (Å²) in [4.78, 5) is 15.3. The highest BCUT2D eigenvalue weighted by molar-refractivity contribution is 5.84. The van der Waals surface area contributed by atoms with E-state index in [1.165, 1.54) is 6.07 Å². The summed E-state index contributed by atoms with van der Waals surface area (Å²) in [5, 5.41) is 0. The largest absolute Gasteiger partial charge is 0.365 e. The Morgan fingerprint density at radius 2 is 1.89 bits per heavy atom. The fourth-order valence-electron chi connectivity index (χ4n) is 2.55. The first-order chi connectivity index (χ1) is 8.54. The van der Waals surface area contributed by atoms with Crippen LogP contribution in [-0.2, 0) is 0 Å². The van der Waals surface area contributed by atoms with Crippen molar-refractivity contribution >= 4 is 12.0 Å². The molecule has 1 heterocycles. The third-order valence-electron chi connectivity index (χ3n) is 3.82. The Morgan fingerprint density at radius 1 is 1.28 bits per heavy atom. The number of anilines is 1. The van der Waals surface area contributed by atoms with Crippen molar-refractivity contribution < 1.29 is 9.18 Å². The lowest BCUT2D eigenvalue weighted by atomic mass is 10.1. The van der Waals surface area contributed by atoms with Gasteiger partial charge in [0, 0.05) is 30.7 Å². The highest BCUT2D eigenvalue weighted by Gasteiger charge is 2.28. The Balaban J connectivity index is 2.35. The molecule has 0 amide bonds. The predicted molar refractivity (Wildman–Crippen MR) is 70.7 cm³/mol. The van der Waals surface area contributed by atoms with Crippen LogP contribution >= 0.6 is 0 Å². The van der Waals surface area contributed by atoms with E-state index in [0.717, 1.165) is 19.4 Å². The second-order valence-corrected chi connectivity index (χ2v) is 5.06. The van der Waals surface area contributed by atoms with Gasteiger partial charge in [0.1, 0.15) is 5.82 Å². The maximum atomic E-state index is 14.0. The molecular formula is C14H19FN2O. The molecule has 1 fully saturated rings. The number of rotatable bonds is 2. The van der Waals surface area contributed by atoms with Gasteiger partial charge in [0.2, 0.25) is 0 Å². The number of carbonyl (C=O) groups excluding carboxylic acids is 1. The zero-order valence-electron chi connectivity index (χ0n) is 11.1. The Morgan fingerprint density at radius 3 is 2.44 bits per heavy atom. The van der Waals surface area contributed by atoms with Crippen LogP contribution in [-0.4, -0.2) is 43.4 Å². The Kier molecular flexibility index (Phi) is 3.66. The van der Waals surface area contributed by atoms with Crippen LogP contribution in [0.1, 0.15) is 24.2 Å². The molecule has 0 aliphatic carbocycles. The van der Waals surface area contributed by atoms with Crippen molar-refractivity contribution in [1.82, 2.24) is 4.90 Å². The zero-order chi connectivity index (χ0) is 13.3. The van der Waals surface area contributed by atoms with Crippen LogP contribution in [0.3, 0.4) is 0 Å². The summed E-state index contributed by atoms with van der Waals surface area (Å²) in [5.41, 5.74) is 0.873. The monoisotopic (exact) mass is 250 g/mol. The zero-order valence-corrected chi connectivity index (χ0v) is 11.1. The number of carbonyl (C=O) groups is 1. The van der Waals surface area contributed by atoms with E-state index in [-0.39, 0.29) is 5.82 Å². The average Bonchev–Trinajstić information content (AvgIpc) is 2.35. The van der Waals surface area contributed by atoms with Crippen LogP contribution in [0.2, 0.25) is 0 Å². The molecule has 2 atom stereocenters. The molecule has 1 aromatic carbocycles. The van der Waals surface area contributed by atoms with E-state index < -0.39 is 0 Å². The molecule has 1 aliphatic rings. The Labute approximate surface area is 107 Å². The van der Waals surface area contributed by atoms with Crippen LogP contribution in [0.5, 0.6) is 0 Å². The number of para-hydroxylation sites is 1. The van der Waals surface area contributed by atoms with Crippen molar-refractivity contribution in [1.29, 1.82) is 0 Å². The molecule has 18 heavy (non-hydrogen) atoms. The molecule has 1 aromatic rings. The fourth-order valence-corrected chi connectivity index (χ4v) is 2.55. The molecule has 1 aliphatic heterocycles. The van der Waals surface area contributed by atoms with Gasteiger partial charge in [-0.1, -0.05) is 6.07 Å². The van der Waals surface area contributed by atoms with Gasteiger partial charge in [0.05, 0.1) is 5.69 Å². The molecule has 0 aromatic heterocycles. The fraction of sp³-hybridized carbons (Fsp3) is 0.500. The molecule has 0 spiro atoms. The quantitative estimate of drug-likeness (QED) is 0.752. The van der Waals surface area contributed by atoms with Crippen molar-refractivity contribution in [2.45, 2.75) is 25.9 Å². The van der Waals surface area contributed by atoms with Gasteiger partial charge in [-0.25, -0.2) is 4.39 Å². The summed E-state index contributed by atoms with van der Waals surface area (Å²) in [6.45, 7) is 5.71. The van der Waals surface area contributed by atoms with Crippen LogP contribution in [0, 0.1) is 5.82 Å². The van der Waals surface area contributed by atoms with Gasteiger partial charge in [-0.05, 0) is 33.0 Å². The summed E-state index contributed by atoms with van der Waals surface area (Å²) >= 11 is 0. The topological polar surface area (TPSA) is 23.6 Å². The van der Waals surface area contributed by atoms with Crippen molar-refractivity contribution in [3.63, 3.8) is 0 Å². The van der Waals surface area contributed by atoms with Crippen molar-refractivity contribution in [2.75, 3.05) is 25.0 Å². The van der Waals surface area contributed by atoms with Crippen molar-refractivity contribution in [3.8, 4) is 0 Å². The minimum Gasteiger partial charge on any atom is -0.365 e. The highest BCUT2D eigenvalue weighted by Crippen LogP contribution is 2.27. The Bertz CT molecular complexity index is 437. The lowest BCUT2D eigenvalue weighted by molar-refractivity contribution is 0.112. The van der Waals surface area contributed by atoms with Crippen LogP contribution in [0.4, 0.5) is 10.1 Å². The lowest BCUT2D eigenvalue weighted by Crippen LogP contribution is -2.55. The lowest BCUT2D eigenvalue weighted by Gasteiger charge is -2.43. The molecular weight excluding hydrogens is 231 g/mol. The average molecular weight is 250 g/mol. The van der Waals surface area contributed by atoms with Gasteiger partial charge < -0.3 is 4.90 Å². The third kappa shape index (κ3) is 2.25. The molecule has 1 saturated heterocycles. The summed E-state index contributed by atoms with van der Waals surface area (Å²) < 4.78 is 14.0. The molecule has 98 valence electrons. The van der Waals surface area contributed by atoms with Gasteiger partial charge in [-0.2, -0.15) is 0 Å². The van der Waals surface area contributed by atoms with Gasteiger partial charge in [0.25, 0.3) is 0 Å². The van der Waals surface area contributed by atoms with Crippen LogP contribution < -0.4 is 4.90 Å². The van der Waals surface area contributed by atoms with E-state index in [9.17, 15) is 9.18 Å². The number of aldehydes is 1. The number of piperazine rings is 1. The SMILES string of the molecule is CC1CN(c2c(F)cccc2C=O)CC(C)N1C. The molecule has 0 N–H and O–H groups in total. The number of hydrogen-bond acceptors (Lipinski definition) is 3. The molecule has 0 bridgehead atoms. The smallest absolute Gasteiger partial charge is 0.152 e. The van der Waals surface area contributed by atoms with E-state index in [0.29, 0.717) is 23.3 Å². The number of benzene rings is 1. The van der Waals surface area contributed by atoms with E-state index in [1.807, 2.05) is 4.90 Å². The molecule has 2 unspecified atom stereocenters. The number of likely N-dealkylation sites (N-methyl/N-ethyl adjacent to an activating group) is 1. The first kappa shape index (κ1) is 13.0. The number of halogens is 1. The first-order valence-electron chi connectivity index (χ1n) is 6.25. The van der Waals surface area contributed by atoms with E-state index in [1.54, 1.807) is 12.1 Å². The van der Waals surface area contributed by atoms with Gasteiger partial charge in [-0.15, -0.1) is 0 Å². The minimum atomic E-state index is -0.316. The van der Waals surface area contributed by atoms with Gasteiger partial charge in [0.15, 0.2) is 6.29 Å². The minimum absolute atomic E-state index is 0.316. The Hall–Kier alpha value is -1.42. The maximum Gasteiger partial charge on any atom is 0.152 e. The number of hydrogen-bond donors (Lipinski definition) is 0. The third-order valence-corrected chi connectivity index (χ3v) is 3.82. The van der Waals surface area contributed by atoms with E-state index in [2.05, 4.69) is 25.8 Å². The summed E-state index contributed by atoms with van der Waals surface area (Å²) in [7, 11) is 2.08. The van der Waals surface area contributed by atoms with Crippen molar-refractivity contribution in [2.24, 2.45) is 0 Å². The molecule has 4 heteroatoms. The highest BCUT2D eigenvalue weighted by atomic mass is 19.1.